The van der Waals surface area contributed by atoms with Crippen molar-refractivity contribution in [1.82, 2.24) is 0 Å². The van der Waals surface area contributed by atoms with Crippen LogP contribution in [0.1, 0.15) is 56.7 Å². The zero-order chi connectivity index (χ0) is 14.6. The summed E-state index contributed by atoms with van der Waals surface area (Å²) in [7, 11) is 0. The lowest BCUT2D eigenvalue weighted by Crippen LogP contribution is -2.18. The van der Waals surface area contributed by atoms with Crippen LogP contribution >= 0.6 is 0 Å². The minimum atomic E-state index is -0.262. The number of nitriles is 1. The molecule has 0 saturated carbocycles. The maximum Gasteiger partial charge on any atom is 0.122 e. The van der Waals surface area contributed by atoms with Gasteiger partial charge in [0.15, 0.2) is 0 Å². The minimum Gasteiger partial charge on any atom is -0.493 e. The van der Waals surface area contributed by atoms with Crippen LogP contribution in [-0.4, -0.2) is 6.61 Å². The lowest BCUT2D eigenvalue weighted by atomic mass is 9.87. The van der Waals surface area contributed by atoms with E-state index in [-0.39, 0.29) is 11.5 Å². The fraction of sp³-hybridized carbons (Fsp3) is 0.588. The molecule has 1 unspecified atom stereocenters. The summed E-state index contributed by atoms with van der Waals surface area (Å²) in [6.07, 6.45) is 5.01. The quantitative estimate of drug-likeness (QED) is 0.831. The van der Waals surface area contributed by atoms with E-state index in [1.807, 2.05) is 26.0 Å². The summed E-state index contributed by atoms with van der Waals surface area (Å²) in [6.45, 7) is 4.60. The highest BCUT2D eigenvalue weighted by Gasteiger charge is 2.20. The molecule has 3 heteroatoms. The Morgan fingerprint density at radius 1 is 1.45 bits per heavy atom. The Kier molecular flexibility index (Phi) is 4.67. The average Bonchev–Trinajstić information content (AvgIpc) is 2.44. The maximum absolute atomic E-state index is 8.99. The van der Waals surface area contributed by atoms with Gasteiger partial charge in [-0.15, -0.1) is 0 Å². The van der Waals surface area contributed by atoms with Crippen molar-refractivity contribution < 1.29 is 4.74 Å². The van der Waals surface area contributed by atoms with Crippen molar-refractivity contribution in [3.63, 3.8) is 0 Å². The molecule has 0 aromatic heterocycles. The molecule has 3 nitrogen and oxygen atoms in total. The number of fused-ring (bicyclic) bond motifs is 1. The number of hydrogen-bond donors (Lipinski definition) is 1. The Hall–Kier alpha value is -1.53. The average molecular weight is 272 g/mol. The van der Waals surface area contributed by atoms with Crippen LogP contribution < -0.4 is 10.5 Å². The second-order valence-electron chi connectivity index (χ2n) is 6.27. The standard InChI is InChI=1S/C17H24N2O/c1-17(2,12-18)10-5-11-20-16-9-4-6-13-14(16)7-3-8-15(13)19/h4,6,9,15H,3,5,7-8,10-11,19H2,1-2H3. The Labute approximate surface area is 121 Å². The number of benzene rings is 1. The Balaban J connectivity index is 1.94. The van der Waals surface area contributed by atoms with E-state index < -0.39 is 0 Å². The van der Waals surface area contributed by atoms with Crippen molar-refractivity contribution in [2.75, 3.05) is 6.61 Å². The van der Waals surface area contributed by atoms with Crippen molar-refractivity contribution in [2.45, 2.75) is 52.0 Å². The van der Waals surface area contributed by atoms with Crippen molar-refractivity contribution in [1.29, 1.82) is 5.26 Å². The number of nitrogens with two attached hydrogens (primary N) is 1. The molecular weight excluding hydrogens is 248 g/mol. The van der Waals surface area contributed by atoms with Gasteiger partial charge in [-0.3, -0.25) is 0 Å². The van der Waals surface area contributed by atoms with Crippen LogP contribution in [0, 0.1) is 16.7 Å². The van der Waals surface area contributed by atoms with E-state index in [0.717, 1.165) is 37.9 Å². The summed E-state index contributed by atoms with van der Waals surface area (Å²) in [5, 5.41) is 8.99. The van der Waals surface area contributed by atoms with Crippen molar-refractivity contribution >= 4 is 0 Å². The molecule has 0 spiro atoms. The van der Waals surface area contributed by atoms with Crippen LogP contribution in [0.25, 0.3) is 0 Å². The molecule has 2 N–H and O–H groups in total. The van der Waals surface area contributed by atoms with E-state index in [9.17, 15) is 0 Å². The molecule has 0 amide bonds. The van der Waals surface area contributed by atoms with Crippen molar-refractivity contribution in [3.8, 4) is 11.8 Å². The third-order valence-corrected chi connectivity index (χ3v) is 4.02. The number of hydrogen-bond acceptors (Lipinski definition) is 3. The van der Waals surface area contributed by atoms with Crippen molar-refractivity contribution in [3.05, 3.63) is 29.3 Å². The highest BCUT2D eigenvalue weighted by atomic mass is 16.5. The number of ether oxygens (including phenoxy) is 1. The molecule has 0 heterocycles. The van der Waals surface area contributed by atoms with Gasteiger partial charge >= 0.3 is 0 Å². The summed E-state index contributed by atoms with van der Waals surface area (Å²) in [5.74, 6) is 0.979. The highest BCUT2D eigenvalue weighted by Crippen LogP contribution is 2.34. The molecule has 20 heavy (non-hydrogen) atoms. The van der Waals surface area contributed by atoms with Gasteiger partial charge in [0.1, 0.15) is 5.75 Å². The van der Waals surface area contributed by atoms with Crippen molar-refractivity contribution in [2.24, 2.45) is 11.1 Å². The Morgan fingerprint density at radius 2 is 2.25 bits per heavy atom. The monoisotopic (exact) mass is 272 g/mol. The maximum atomic E-state index is 8.99. The van der Waals surface area contributed by atoms with Gasteiger partial charge in [0, 0.05) is 6.04 Å². The van der Waals surface area contributed by atoms with E-state index in [4.69, 9.17) is 15.7 Å². The van der Waals surface area contributed by atoms with Crippen LogP contribution in [0.5, 0.6) is 5.75 Å². The lowest BCUT2D eigenvalue weighted by molar-refractivity contribution is 0.280. The smallest absolute Gasteiger partial charge is 0.122 e. The highest BCUT2D eigenvalue weighted by molar-refractivity contribution is 5.43. The summed E-state index contributed by atoms with van der Waals surface area (Å²) >= 11 is 0. The van der Waals surface area contributed by atoms with Crippen LogP contribution in [0.4, 0.5) is 0 Å². The largest absolute Gasteiger partial charge is 0.493 e. The van der Waals surface area contributed by atoms with E-state index in [1.165, 1.54) is 11.1 Å². The predicted molar refractivity (Wildman–Crippen MR) is 80.4 cm³/mol. The lowest BCUT2D eigenvalue weighted by Gasteiger charge is -2.24. The van der Waals surface area contributed by atoms with E-state index in [2.05, 4.69) is 12.1 Å². The molecule has 2 rings (SSSR count). The summed E-state index contributed by atoms with van der Waals surface area (Å²) in [5.41, 5.74) is 8.42. The van der Waals surface area contributed by atoms with Crippen LogP contribution in [0.3, 0.4) is 0 Å². The van der Waals surface area contributed by atoms with Gasteiger partial charge in [-0.25, -0.2) is 0 Å². The van der Waals surface area contributed by atoms with E-state index in [1.54, 1.807) is 0 Å². The molecule has 0 aliphatic heterocycles. The molecule has 108 valence electrons. The molecule has 1 atom stereocenters. The third-order valence-electron chi connectivity index (χ3n) is 4.02. The first-order valence-corrected chi connectivity index (χ1v) is 7.45. The van der Waals surface area contributed by atoms with Gasteiger partial charge in [-0.05, 0) is 63.1 Å². The molecule has 1 aliphatic carbocycles. The molecule has 1 aromatic carbocycles. The SMILES string of the molecule is CC(C)(C#N)CCCOc1cccc2c1CCCC2N. The molecule has 1 aliphatic rings. The van der Waals surface area contributed by atoms with Gasteiger partial charge in [-0.2, -0.15) is 5.26 Å². The predicted octanol–water partition coefficient (Wildman–Crippen LogP) is 3.73. The normalized spacial score (nSPS) is 18.2. The molecule has 0 radical (unpaired) electrons. The zero-order valence-corrected chi connectivity index (χ0v) is 12.5. The topological polar surface area (TPSA) is 59.0 Å². The van der Waals surface area contributed by atoms with Gasteiger partial charge in [0.25, 0.3) is 0 Å². The molecular formula is C17H24N2O. The molecule has 0 saturated heterocycles. The summed E-state index contributed by atoms with van der Waals surface area (Å²) in [6, 6.07) is 8.65. The fourth-order valence-corrected chi connectivity index (χ4v) is 2.74. The number of nitrogens with zero attached hydrogens (tertiary/aromatic N) is 1. The second-order valence-corrected chi connectivity index (χ2v) is 6.27. The van der Waals surface area contributed by atoms with Crippen LogP contribution in [-0.2, 0) is 6.42 Å². The van der Waals surface area contributed by atoms with E-state index in [0.29, 0.717) is 6.61 Å². The third kappa shape index (κ3) is 3.52. The number of rotatable bonds is 5. The van der Waals surface area contributed by atoms with E-state index >= 15 is 0 Å². The second kappa shape index (κ2) is 6.28. The molecule has 0 bridgehead atoms. The van der Waals surface area contributed by atoms with Gasteiger partial charge < -0.3 is 10.5 Å². The summed E-state index contributed by atoms with van der Waals surface area (Å²) in [4.78, 5) is 0. The first-order chi connectivity index (χ1) is 9.53. The first kappa shape index (κ1) is 14.9. The Morgan fingerprint density at radius 3 is 3.00 bits per heavy atom. The van der Waals surface area contributed by atoms with Gasteiger partial charge in [-0.1, -0.05) is 12.1 Å². The molecule has 0 fully saturated rings. The minimum absolute atomic E-state index is 0.153. The first-order valence-electron chi connectivity index (χ1n) is 7.45. The summed E-state index contributed by atoms with van der Waals surface area (Å²) < 4.78 is 5.93. The molecule has 1 aromatic rings. The fourth-order valence-electron chi connectivity index (χ4n) is 2.74. The zero-order valence-electron chi connectivity index (χ0n) is 12.5. The van der Waals surface area contributed by atoms with Crippen LogP contribution in [0.15, 0.2) is 18.2 Å². The van der Waals surface area contributed by atoms with Gasteiger partial charge in [0.2, 0.25) is 0 Å². The van der Waals surface area contributed by atoms with Gasteiger partial charge in [0.05, 0.1) is 18.1 Å². The van der Waals surface area contributed by atoms with Crippen LogP contribution in [0.2, 0.25) is 0 Å². The Bertz CT molecular complexity index is 502.